The second kappa shape index (κ2) is 13.5. The molecule has 3 aromatic carbocycles. The van der Waals surface area contributed by atoms with Gasteiger partial charge in [-0.3, -0.25) is 9.59 Å². The van der Waals surface area contributed by atoms with Crippen LogP contribution in [0.15, 0.2) is 88.1 Å². The van der Waals surface area contributed by atoms with Gasteiger partial charge in [0, 0.05) is 24.8 Å². The number of ether oxygens (including phenoxy) is 1. The maximum absolute atomic E-state index is 12.4. The standard InChI is InChI=1S/C19H16O4.C9H8O4.Na/c1-12(20)11-15(13-7-3-2-4-8-13)17-18(21)14-9-5-6-10-16(14)23-19(17)22;1-6(10)13-8-5-3-2-4-7(8)9(11)12;/h2-10,15,21H,11H2,1H3;2-5H,1H3,(H,11,12);/q;;+1/p-1. The van der Waals surface area contributed by atoms with Crippen LogP contribution in [0.3, 0.4) is 0 Å². The predicted molar refractivity (Wildman–Crippen MR) is 130 cm³/mol. The van der Waals surface area contributed by atoms with Crippen LogP contribution in [0.4, 0.5) is 0 Å². The Balaban J connectivity index is 0.000000295. The first-order chi connectivity index (χ1) is 17.2. The fourth-order valence-corrected chi connectivity index (χ4v) is 3.69. The fourth-order valence-electron chi connectivity index (χ4n) is 3.69. The normalized spacial score (nSPS) is 10.9. The Morgan fingerprint density at radius 2 is 1.51 bits per heavy atom. The average molecular weight is 510 g/mol. The number of hydrogen-bond donors (Lipinski definition) is 1. The summed E-state index contributed by atoms with van der Waals surface area (Å²) in [6, 6.07) is 21.8. The fraction of sp³-hybridized carbons (Fsp3) is 0.143. The molecule has 37 heavy (non-hydrogen) atoms. The Hall–Kier alpha value is -3.72. The Labute approximate surface area is 234 Å². The molecule has 9 heteroatoms. The number of carboxylic acid groups (broad SMARTS) is 1. The van der Waals surface area contributed by atoms with Crippen molar-refractivity contribution in [3.05, 3.63) is 106 Å². The van der Waals surface area contributed by atoms with Crippen LogP contribution >= 0.6 is 0 Å². The summed E-state index contributed by atoms with van der Waals surface area (Å²) >= 11 is 0. The van der Waals surface area contributed by atoms with Gasteiger partial charge >= 0.3 is 41.2 Å². The molecule has 0 aliphatic carbocycles. The first kappa shape index (κ1) is 29.5. The number of carbonyl (C=O) groups excluding carboxylic acids is 3. The number of rotatable bonds is 6. The first-order valence-electron chi connectivity index (χ1n) is 11.0. The molecular formula is C28H23NaO8. The van der Waals surface area contributed by atoms with Crippen LogP contribution < -0.4 is 45.0 Å². The van der Waals surface area contributed by atoms with E-state index >= 15 is 0 Å². The third-order valence-corrected chi connectivity index (χ3v) is 5.22. The van der Waals surface area contributed by atoms with Crippen LogP contribution in [0, 0.1) is 0 Å². The van der Waals surface area contributed by atoms with E-state index in [2.05, 4.69) is 4.74 Å². The number of esters is 1. The van der Waals surface area contributed by atoms with Crippen LogP contribution in [0.1, 0.15) is 47.7 Å². The van der Waals surface area contributed by atoms with Crippen molar-refractivity contribution in [1.29, 1.82) is 0 Å². The third kappa shape index (κ3) is 7.63. The molecule has 4 rings (SSSR count). The Morgan fingerprint density at radius 1 is 0.919 bits per heavy atom. The van der Waals surface area contributed by atoms with Gasteiger partial charge < -0.3 is 24.2 Å². The zero-order chi connectivity index (χ0) is 26.2. The van der Waals surface area contributed by atoms with E-state index in [1.807, 2.05) is 30.3 Å². The number of ketones is 1. The molecule has 184 valence electrons. The topological polar surface area (TPSA) is 134 Å². The van der Waals surface area contributed by atoms with E-state index in [0.29, 0.717) is 11.0 Å². The number of benzene rings is 3. The van der Waals surface area contributed by atoms with Crippen molar-refractivity contribution in [3.8, 4) is 11.5 Å². The van der Waals surface area contributed by atoms with Crippen LogP contribution in [0.25, 0.3) is 11.0 Å². The van der Waals surface area contributed by atoms with Crippen LogP contribution in [-0.4, -0.2) is 22.8 Å². The van der Waals surface area contributed by atoms with E-state index in [0.717, 1.165) is 5.56 Å². The predicted octanol–water partition coefficient (Wildman–Crippen LogP) is 0.589. The van der Waals surface area contributed by atoms with Crippen LogP contribution in [0.5, 0.6) is 11.5 Å². The zero-order valence-electron chi connectivity index (χ0n) is 20.6. The molecule has 0 spiro atoms. The van der Waals surface area contributed by atoms with Gasteiger partial charge in [-0.1, -0.05) is 54.6 Å². The quantitative estimate of drug-likeness (QED) is 0.172. The van der Waals surface area contributed by atoms with E-state index in [-0.39, 0.29) is 64.4 Å². The number of para-hydroxylation sites is 2. The molecule has 1 atom stereocenters. The van der Waals surface area contributed by atoms with Gasteiger partial charge in [0.15, 0.2) is 0 Å². The van der Waals surface area contributed by atoms with Crippen molar-refractivity contribution >= 4 is 28.7 Å². The van der Waals surface area contributed by atoms with Crippen molar-refractivity contribution in [2.75, 3.05) is 0 Å². The molecule has 8 nitrogen and oxygen atoms in total. The number of carbonyl (C=O) groups is 3. The SMILES string of the molecule is CC(=O)CC(c1ccccc1)c1c(O)c2ccccc2oc1=O.CC(=O)Oc1ccccc1C(=O)[O-].[Na+]. The number of hydrogen-bond acceptors (Lipinski definition) is 8. The minimum Gasteiger partial charge on any atom is -0.545 e. The molecule has 0 saturated carbocycles. The Morgan fingerprint density at radius 3 is 2.14 bits per heavy atom. The van der Waals surface area contributed by atoms with E-state index in [1.165, 1.54) is 32.0 Å². The van der Waals surface area contributed by atoms with Gasteiger partial charge in [0.05, 0.1) is 16.9 Å². The molecule has 0 aliphatic rings. The maximum Gasteiger partial charge on any atom is 1.00 e. The average Bonchev–Trinajstić information content (AvgIpc) is 2.84. The van der Waals surface area contributed by atoms with Crippen molar-refractivity contribution in [2.24, 2.45) is 0 Å². The summed E-state index contributed by atoms with van der Waals surface area (Å²) < 4.78 is 9.98. The summed E-state index contributed by atoms with van der Waals surface area (Å²) in [5.41, 5.74) is 0.507. The molecule has 0 saturated heterocycles. The maximum atomic E-state index is 12.4. The molecule has 0 aliphatic heterocycles. The van der Waals surface area contributed by atoms with Crippen molar-refractivity contribution < 1.29 is 63.3 Å². The first-order valence-corrected chi connectivity index (χ1v) is 11.0. The molecule has 1 aromatic heterocycles. The largest absolute Gasteiger partial charge is 1.00 e. The van der Waals surface area contributed by atoms with E-state index in [4.69, 9.17) is 4.42 Å². The number of carboxylic acids is 1. The molecular weight excluding hydrogens is 487 g/mol. The van der Waals surface area contributed by atoms with E-state index < -0.39 is 23.5 Å². The van der Waals surface area contributed by atoms with Gasteiger partial charge in [0.1, 0.15) is 22.9 Å². The van der Waals surface area contributed by atoms with Crippen LogP contribution in [-0.2, 0) is 9.59 Å². The van der Waals surface area contributed by atoms with Gasteiger partial charge in [-0.25, -0.2) is 4.79 Å². The van der Waals surface area contributed by atoms with Crippen molar-refractivity contribution in [3.63, 3.8) is 0 Å². The van der Waals surface area contributed by atoms with Gasteiger partial charge in [-0.15, -0.1) is 0 Å². The molecule has 1 heterocycles. The summed E-state index contributed by atoms with van der Waals surface area (Å²) in [5, 5.41) is 21.6. The van der Waals surface area contributed by atoms with Gasteiger partial charge in [0.25, 0.3) is 0 Å². The molecule has 1 N–H and O–H groups in total. The Bertz CT molecular complexity index is 1460. The zero-order valence-corrected chi connectivity index (χ0v) is 22.6. The monoisotopic (exact) mass is 510 g/mol. The smallest absolute Gasteiger partial charge is 0.545 e. The van der Waals surface area contributed by atoms with Crippen molar-refractivity contribution in [1.82, 2.24) is 0 Å². The number of aromatic hydroxyl groups is 1. The summed E-state index contributed by atoms with van der Waals surface area (Å²) in [6.07, 6.45) is 0.126. The van der Waals surface area contributed by atoms with E-state index in [1.54, 1.807) is 30.3 Å². The van der Waals surface area contributed by atoms with Crippen LogP contribution in [0.2, 0.25) is 0 Å². The minimum absolute atomic E-state index is 0. The van der Waals surface area contributed by atoms with Gasteiger partial charge in [-0.05, 0) is 36.8 Å². The number of fused-ring (bicyclic) bond motifs is 1. The molecule has 0 fully saturated rings. The Kier molecular flexibility index (Phi) is 10.8. The van der Waals surface area contributed by atoms with E-state index in [9.17, 15) is 29.4 Å². The van der Waals surface area contributed by atoms with Gasteiger partial charge in [-0.2, -0.15) is 0 Å². The van der Waals surface area contributed by atoms with Gasteiger partial charge in [0.2, 0.25) is 0 Å². The third-order valence-electron chi connectivity index (χ3n) is 5.22. The molecule has 4 aromatic rings. The molecule has 0 bridgehead atoms. The molecule has 0 amide bonds. The molecule has 1 unspecified atom stereocenters. The number of aromatic carboxylic acids is 1. The van der Waals surface area contributed by atoms with Crippen molar-refractivity contribution in [2.45, 2.75) is 26.2 Å². The summed E-state index contributed by atoms with van der Waals surface area (Å²) in [4.78, 5) is 45.1. The summed E-state index contributed by atoms with van der Waals surface area (Å²) in [7, 11) is 0. The number of Topliss-reactive ketones (excluding diaryl/α,β-unsaturated/α-hetero) is 1. The summed E-state index contributed by atoms with van der Waals surface area (Å²) in [5.74, 6) is -2.63. The minimum atomic E-state index is -1.36. The second-order valence-electron chi connectivity index (χ2n) is 7.89. The molecule has 0 radical (unpaired) electrons. The summed E-state index contributed by atoms with van der Waals surface area (Å²) in [6.45, 7) is 2.67. The second-order valence-corrected chi connectivity index (χ2v) is 7.89.